The molecule has 19 heavy (non-hydrogen) atoms. The number of oxime groups is 1. The molecule has 0 bridgehead atoms. The van der Waals surface area contributed by atoms with Gasteiger partial charge < -0.3 is 9.94 Å². The molecule has 0 aliphatic carbocycles. The van der Waals surface area contributed by atoms with Gasteiger partial charge in [0.2, 0.25) is 0 Å². The molecular formula is C15H15NO3. The second-order valence-corrected chi connectivity index (χ2v) is 4.18. The lowest BCUT2D eigenvalue weighted by Crippen LogP contribution is -2.16. The van der Waals surface area contributed by atoms with Gasteiger partial charge in [-0.2, -0.15) is 0 Å². The molecule has 0 heterocycles. The molecule has 0 radical (unpaired) electrons. The SMILES string of the molecule is COC(=O)/C(CCc1cccc2ccccc12)=N\O. The minimum Gasteiger partial charge on any atom is -0.464 e. The van der Waals surface area contributed by atoms with Crippen molar-refractivity contribution < 1.29 is 14.7 Å². The predicted molar refractivity (Wildman–Crippen MR) is 73.5 cm³/mol. The van der Waals surface area contributed by atoms with Gasteiger partial charge in [0.05, 0.1) is 7.11 Å². The summed E-state index contributed by atoms with van der Waals surface area (Å²) in [6.45, 7) is 0. The number of fused-ring (bicyclic) bond motifs is 1. The molecule has 0 fully saturated rings. The lowest BCUT2D eigenvalue weighted by molar-refractivity contribution is -0.133. The van der Waals surface area contributed by atoms with E-state index in [9.17, 15) is 4.79 Å². The molecule has 4 heteroatoms. The number of hydrogen-bond donors (Lipinski definition) is 1. The summed E-state index contributed by atoms with van der Waals surface area (Å²) < 4.78 is 4.55. The van der Waals surface area contributed by atoms with Crippen molar-refractivity contribution in [3.8, 4) is 0 Å². The second-order valence-electron chi connectivity index (χ2n) is 4.18. The van der Waals surface area contributed by atoms with Crippen molar-refractivity contribution in [1.82, 2.24) is 0 Å². The quantitative estimate of drug-likeness (QED) is 0.396. The van der Waals surface area contributed by atoms with Crippen molar-refractivity contribution in [2.75, 3.05) is 7.11 Å². The fourth-order valence-electron chi connectivity index (χ4n) is 2.07. The molecule has 0 aromatic heterocycles. The number of ether oxygens (including phenoxy) is 1. The maximum absolute atomic E-state index is 11.3. The lowest BCUT2D eigenvalue weighted by Gasteiger charge is -2.06. The molecule has 4 nitrogen and oxygen atoms in total. The van der Waals surface area contributed by atoms with E-state index in [0.29, 0.717) is 12.8 Å². The highest BCUT2D eigenvalue weighted by molar-refractivity contribution is 6.36. The third-order valence-electron chi connectivity index (χ3n) is 3.05. The molecule has 0 spiro atoms. The van der Waals surface area contributed by atoms with Crippen LogP contribution in [0.5, 0.6) is 0 Å². The fourth-order valence-corrected chi connectivity index (χ4v) is 2.07. The third-order valence-corrected chi connectivity index (χ3v) is 3.05. The highest BCUT2D eigenvalue weighted by Gasteiger charge is 2.13. The first kappa shape index (κ1) is 13.1. The van der Waals surface area contributed by atoms with Gasteiger partial charge in [0.1, 0.15) is 0 Å². The number of esters is 1. The Morgan fingerprint density at radius 3 is 2.68 bits per heavy atom. The van der Waals surface area contributed by atoms with Crippen LogP contribution in [-0.2, 0) is 16.0 Å². The van der Waals surface area contributed by atoms with Crippen molar-refractivity contribution in [3.63, 3.8) is 0 Å². The molecule has 2 aromatic rings. The molecule has 2 aromatic carbocycles. The summed E-state index contributed by atoms with van der Waals surface area (Å²) in [7, 11) is 1.27. The molecule has 0 saturated carbocycles. The average molecular weight is 257 g/mol. The summed E-state index contributed by atoms with van der Waals surface area (Å²) in [4.78, 5) is 11.3. The van der Waals surface area contributed by atoms with Gasteiger partial charge in [0.15, 0.2) is 5.71 Å². The standard InChI is InChI=1S/C15H15NO3/c1-19-15(17)14(16-18)10-9-12-7-4-6-11-5-2-3-8-13(11)12/h2-8,18H,9-10H2,1H3/b16-14-. The number of aryl methyl sites for hydroxylation is 1. The Hall–Kier alpha value is -2.36. The van der Waals surface area contributed by atoms with Crippen LogP contribution in [0.3, 0.4) is 0 Å². The molecular weight excluding hydrogens is 242 g/mol. The van der Waals surface area contributed by atoms with E-state index in [4.69, 9.17) is 5.21 Å². The van der Waals surface area contributed by atoms with Crippen LogP contribution in [0.25, 0.3) is 10.8 Å². The number of rotatable bonds is 4. The van der Waals surface area contributed by atoms with Crippen molar-refractivity contribution >= 4 is 22.5 Å². The van der Waals surface area contributed by atoms with Gasteiger partial charge >= 0.3 is 5.97 Å². The van der Waals surface area contributed by atoms with Crippen LogP contribution in [-0.4, -0.2) is 24.0 Å². The summed E-state index contributed by atoms with van der Waals surface area (Å²) in [6, 6.07) is 14.1. The Morgan fingerprint density at radius 2 is 1.95 bits per heavy atom. The van der Waals surface area contributed by atoms with Crippen LogP contribution < -0.4 is 0 Å². The van der Waals surface area contributed by atoms with Gasteiger partial charge in [-0.3, -0.25) is 0 Å². The van der Waals surface area contributed by atoms with E-state index in [2.05, 4.69) is 9.89 Å². The van der Waals surface area contributed by atoms with E-state index in [1.165, 1.54) is 7.11 Å². The molecule has 98 valence electrons. The van der Waals surface area contributed by atoms with E-state index in [1.54, 1.807) is 0 Å². The first-order valence-electron chi connectivity index (χ1n) is 6.02. The van der Waals surface area contributed by atoms with Crippen LogP contribution in [0.4, 0.5) is 0 Å². The van der Waals surface area contributed by atoms with Crippen LogP contribution in [0.2, 0.25) is 0 Å². The lowest BCUT2D eigenvalue weighted by atomic mass is 10.00. The maximum atomic E-state index is 11.3. The Balaban J connectivity index is 2.20. The highest BCUT2D eigenvalue weighted by Crippen LogP contribution is 2.19. The van der Waals surface area contributed by atoms with Gasteiger partial charge in [-0.1, -0.05) is 47.6 Å². The number of carbonyl (C=O) groups excluding carboxylic acids is 1. The smallest absolute Gasteiger partial charge is 0.355 e. The van der Waals surface area contributed by atoms with Gasteiger partial charge in [0.25, 0.3) is 0 Å². The number of benzene rings is 2. The molecule has 2 rings (SSSR count). The van der Waals surface area contributed by atoms with Crippen molar-refractivity contribution in [2.24, 2.45) is 5.16 Å². The zero-order chi connectivity index (χ0) is 13.7. The van der Waals surface area contributed by atoms with Gasteiger partial charge in [-0.15, -0.1) is 0 Å². The Bertz CT molecular complexity index is 614. The Labute approximate surface area is 111 Å². The third kappa shape index (κ3) is 2.91. The van der Waals surface area contributed by atoms with E-state index in [-0.39, 0.29) is 5.71 Å². The zero-order valence-corrected chi connectivity index (χ0v) is 10.7. The van der Waals surface area contributed by atoms with Crippen LogP contribution >= 0.6 is 0 Å². The van der Waals surface area contributed by atoms with E-state index in [1.807, 2.05) is 42.5 Å². The predicted octanol–water partition coefficient (Wildman–Crippen LogP) is 2.78. The van der Waals surface area contributed by atoms with E-state index >= 15 is 0 Å². The van der Waals surface area contributed by atoms with Crippen molar-refractivity contribution in [1.29, 1.82) is 0 Å². The first-order chi connectivity index (χ1) is 9.26. The number of methoxy groups -OCH3 is 1. The van der Waals surface area contributed by atoms with E-state index < -0.39 is 5.97 Å². The van der Waals surface area contributed by atoms with Crippen molar-refractivity contribution in [2.45, 2.75) is 12.8 Å². The monoisotopic (exact) mass is 257 g/mol. The van der Waals surface area contributed by atoms with Crippen LogP contribution in [0.1, 0.15) is 12.0 Å². The first-order valence-corrected chi connectivity index (χ1v) is 6.02. The van der Waals surface area contributed by atoms with Gasteiger partial charge in [0, 0.05) is 6.42 Å². The number of nitrogens with zero attached hydrogens (tertiary/aromatic N) is 1. The highest BCUT2D eigenvalue weighted by atomic mass is 16.5. The molecule has 0 unspecified atom stereocenters. The zero-order valence-electron chi connectivity index (χ0n) is 10.7. The summed E-state index contributed by atoms with van der Waals surface area (Å²) in [5.74, 6) is -0.595. The molecule has 0 atom stereocenters. The minimum absolute atomic E-state index is 0.0374. The van der Waals surface area contributed by atoms with Gasteiger partial charge in [-0.25, -0.2) is 4.79 Å². The van der Waals surface area contributed by atoms with E-state index in [0.717, 1.165) is 16.3 Å². The molecule has 0 aliphatic heterocycles. The summed E-state index contributed by atoms with van der Waals surface area (Å²) in [5.41, 5.74) is 1.15. The fraction of sp³-hybridized carbons (Fsp3) is 0.200. The summed E-state index contributed by atoms with van der Waals surface area (Å²) in [6.07, 6.45) is 0.965. The minimum atomic E-state index is -0.595. The Morgan fingerprint density at radius 1 is 1.21 bits per heavy atom. The molecule has 0 amide bonds. The summed E-state index contributed by atoms with van der Waals surface area (Å²) >= 11 is 0. The second kappa shape index (κ2) is 6.00. The largest absolute Gasteiger partial charge is 0.464 e. The molecule has 0 saturated heterocycles. The number of carbonyl (C=O) groups is 1. The van der Waals surface area contributed by atoms with Crippen molar-refractivity contribution in [3.05, 3.63) is 48.0 Å². The Kier molecular flexibility index (Phi) is 4.13. The number of hydrogen-bond acceptors (Lipinski definition) is 4. The van der Waals surface area contributed by atoms with Crippen LogP contribution in [0.15, 0.2) is 47.6 Å². The summed E-state index contributed by atoms with van der Waals surface area (Å²) in [5, 5.41) is 14.1. The molecule has 1 N–H and O–H groups in total. The van der Waals surface area contributed by atoms with Crippen LogP contribution in [0, 0.1) is 0 Å². The normalized spacial score (nSPS) is 11.5. The van der Waals surface area contributed by atoms with Gasteiger partial charge in [-0.05, 0) is 22.8 Å². The maximum Gasteiger partial charge on any atom is 0.355 e. The topological polar surface area (TPSA) is 58.9 Å². The average Bonchev–Trinajstić information content (AvgIpc) is 2.47. The molecule has 0 aliphatic rings.